The summed E-state index contributed by atoms with van der Waals surface area (Å²) in [6.07, 6.45) is 0.957. The number of alkyl carbamates (subject to hydrolysis) is 1. The lowest BCUT2D eigenvalue weighted by Gasteiger charge is -2.24. The number of carbonyl (C=O) groups excluding carboxylic acids is 2. The fourth-order valence-electron chi connectivity index (χ4n) is 4.31. The van der Waals surface area contributed by atoms with Crippen LogP contribution in [-0.2, 0) is 20.7 Å². The summed E-state index contributed by atoms with van der Waals surface area (Å²) in [7, 11) is 0. The molecule has 35 heavy (non-hydrogen) atoms. The van der Waals surface area contributed by atoms with Crippen LogP contribution in [0.4, 0.5) is 4.79 Å². The maximum absolute atomic E-state index is 12.9. The van der Waals surface area contributed by atoms with Crippen molar-refractivity contribution < 1.29 is 24.2 Å². The van der Waals surface area contributed by atoms with Crippen molar-refractivity contribution in [1.82, 2.24) is 15.6 Å². The minimum absolute atomic E-state index is 0.102. The quantitative estimate of drug-likeness (QED) is 0.417. The van der Waals surface area contributed by atoms with Gasteiger partial charge in [0.2, 0.25) is 5.91 Å². The molecule has 4 rings (SSSR count). The molecule has 0 aliphatic heterocycles. The van der Waals surface area contributed by atoms with Crippen LogP contribution in [-0.4, -0.2) is 46.8 Å². The molecule has 0 spiro atoms. The summed E-state index contributed by atoms with van der Waals surface area (Å²) in [5, 5.41) is 14.7. The number of nitrogens with one attached hydrogen (secondary N) is 2. The lowest BCUT2D eigenvalue weighted by Crippen LogP contribution is -2.54. The van der Waals surface area contributed by atoms with Crippen LogP contribution in [0.15, 0.2) is 60.2 Å². The fourth-order valence-corrected chi connectivity index (χ4v) is 4.95. The molecule has 1 aliphatic carbocycles. The van der Waals surface area contributed by atoms with Gasteiger partial charge in [0.15, 0.2) is 0 Å². The third kappa shape index (κ3) is 5.51. The molecule has 3 N–H and O–H groups in total. The monoisotopic (exact) mass is 493 g/mol. The first kappa shape index (κ1) is 24.4. The van der Waals surface area contributed by atoms with Crippen molar-refractivity contribution in [3.8, 4) is 11.1 Å². The number of thiazole rings is 1. The molecule has 0 saturated heterocycles. The molecule has 8 nitrogen and oxygen atoms in total. The number of hydrogen-bond donors (Lipinski definition) is 3. The SMILES string of the molecule is CC(C)[C@H](NC(=O)OCC1c2ccccc2-c2ccccc21)C(=O)NC(Cc1cncs1)C(=O)O. The standard InChI is InChI=1S/C26H27N3O5S/c1-15(2)23(24(30)28-22(25(31)32)11-16-12-27-14-35-16)29-26(33)34-13-21-19-9-5-3-7-17(19)18-8-4-6-10-20(18)21/h3-10,12,14-15,21-23H,11,13H2,1-2H3,(H,28,30)(H,29,33)(H,31,32)/t22?,23-/m0/s1. The number of nitrogens with zero attached hydrogens (tertiary/aromatic N) is 1. The number of carboxylic acid groups (broad SMARTS) is 1. The number of carboxylic acids is 1. The van der Waals surface area contributed by atoms with Crippen molar-refractivity contribution in [2.24, 2.45) is 5.92 Å². The molecule has 0 radical (unpaired) electrons. The van der Waals surface area contributed by atoms with E-state index in [0.29, 0.717) is 0 Å². The van der Waals surface area contributed by atoms with E-state index in [1.54, 1.807) is 25.6 Å². The Morgan fingerprint density at radius 3 is 2.20 bits per heavy atom. The number of ether oxygens (including phenoxy) is 1. The minimum atomic E-state index is -1.16. The van der Waals surface area contributed by atoms with E-state index in [2.05, 4.69) is 27.8 Å². The highest BCUT2D eigenvalue weighted by Gasteiger charge is 2.32. The predicted octanol–water partition coefficient (Wildman–Crippen LogP) is 3.82. The van der Waals surface area contributed by atoms with Crippen molar-refractivity contribution >= 4 is 29.3 Å². The van der Waals surface area contributed by atoms with Gasteiger partial charge in [-0.3, -0.25) is 9.78 Å². The van der Waals surface area contributed by atoms with E-state index in [1.165, 1.54) is 11.3 Å². The summed E-state index contributed by atoms with van der Waals surface area (Å²) < 4.78 is 5.56. The van der Waals surface area contributed by atoms with Crippen LogP contribution in [0.2, 0.25) is 0 Å². The Hall–Kier alpha value is -3.72. The molecule has 2 atom stereocenters. The van der Waals surface area contributed by atoms with E-state index >= 15 is 0 Å². The van der Waals surface area contributed by atoms with Crippen molar-refractivity contribution in [3.63, 3.8) is 0 Å². The highest BCUT2D eigenvalue weighted by Crippen LogP contribution is 2.44. The Morgan fingerprint density at radius 2 is 1.66 bits per heavy atom. The van der Waals surface area contributed by atoms with E-state index in [-0.39, 0.29) is 24.9 Å². The Kier molecular flexibility index (Phi) is 7.45. The van der Waals surface area contributed by atoms with Crippen molar-refractivity contribution in [3.05, 3.63) is 76.2 Å². The van der Waals surface area contributed by atoms with Crippen LogP contribution in [0.25, 0.3) is 11.1 Å². The molecule has 0 saturated carbocycles. The maximum atomic E-state index is 12.9. The largest absolute Gasteiger partial charge is 0.480 e. The van der Waals surface area contributed by atoms with Crippen LogP contribution in [0.5, 0.6) is 0 Å². The van der Waals surface area contributed by atoms with Crippen LogP contribution in [0.3, 0.4) is 0 Å². The van der Waals surface area contributed by atoms with Crippen LogP contribution in [0.1, 0.15) is 35.8 Å². The average Bonchev–Trinajstić information content (AvgIpc) is 3.46. The van der Waals surface area contributed by atoms with E-state index < -0.39 is 30.1 Å². The number of aromatic nitrogens is 1. The Bertz CT molecular complexity index is 1170. The molecule has 0 bridgehead atoms. The van der Waals surface area contributed by atoms with Crippen LogP contribution < -0.4 is 10.6 Å². The highest BCUT2D eigenvalue weighted by atomic mass is 32.1. The van der Waals surface area contributed by atoms with Gasteiger partial charge in [-0.2, -0.15) is 0 Å². The number of rotatable bonds is 9. The number of aliphatic carboxylic acids is 1. The van der Waals surface area contributed by atoms with Gasteiger partial charge in [0.1, 0.15) is 18.7 Å². The fraction of sp³-hybridized carbons (Fsp3) is 0.308. The lowest BCUT2D eigenvalue weighted by molar-refractivity contribution is -0.142. The van der Waals surface area contributed by atoms with Gasteiger partial charge in [-0.25, -0.2) is 9.59 Å². The normalized spacial score (nSPS) is 14.0. The summed E-state index contributed by atoms with van der Waals surface area (Å²) >= 11 is 1.31. The van der Waals surface area contributed by atoms with Gasteiger partial charge in [-0.1, -0.05) is 62.4 Å². The Balaban J connectivity index is 1.39. The summed E-state index contributed by atoms with van der Waals surface area (Å²) in [5.74, 6) is -2.12. The van der Waals surface area contributed by atoms with Crippen molar-refractivity contribution in [2.45, 2.75) is 38.3 Å². The number of benzene rings is 2. The number of fused-ring (bicyclic) bond motifs is 3. The van der Waals surface area contributed by atoms with E-state index in [1.807, 2.05) is 36.4 Å². The van der Waals surface area contributed by atoms with Crippen molar-refractivity contribution in [1.29, 1.82) is 0 Å². The summed E-state index contributed by atoms with van der Waals surface area (Å²) in [6.45, 7) is 3.66. The van der Waals surface area contributed by atoms with Gasteiger partial charge >= 0.3 is 12.1 Å². The smallest absolute Gasteiger partial charge is 0.407 e. The maximum Gasteiger partial charge on any atom is 0.407 e. The molecule has 1 heterocycles. The zero-order valence-electron chi connectivity index (χ0n) is 19.4. The summed E-state index contributed by atoms with van der Waals surface area (Å²) in [4.78, 5) is 41.9. The molecule has 182 valence electrons. The van der Waals surface area contributed by atoms with Crippen LogP contribution in [0, 0.1) is 5.92 Å². The van der Waals surface area contributed by atoms with Gasteiger partial charge in [0.25, 0.3) is 0 Å². The summed E-state index contributed by atoms with van der Waals surface area (Å²) in [6, 6.07) is 14.0. The zero-order valence-corrected chi connectivity index (χ0v) is 20.2. The number of hydrogen-bond acceptors (Lipinski definition) is 6. The highest BCUT2D eigenvalue weighted by molar-refractivity contribution is 7.09. The number of amides is 2. The molecule has 0 fully saturated rings. The third-order valence-electron chi connectivity index (χ3n) is 6.07. The molecule has 9 heteroatoms. The molecule has 1 aromatic heterocycles. The van der Waals surface area contributed by atoms with E-state index in [0.717, 1.165) is 27.1 Å². The second-order valence-corrected chi connectivity index (χ2v) is 9.73. The molecule has 2 amide bonds. The minimum Gasteiger partial charge on any atom is -0.480 e. The topological polar surface area (TPSA) is 118 Å². The third-order valence-corrected chi connectivity index (χ3v) is 6.87. The van der Waals surface area contributed by atoms with Gasteiger partial charge in [-0.05, 0) is 28.2 Å². The summed E-state index contributed by atoms with van der Waals surface area (Å²) in [5.41, 5.74) is 6.03. The molecule has 1 aliphatic rings. The molecular weight excluding hydrogens is 466 g/mol. The van der Waals surface area contributed by atoms with Crippen LogP contribution >= 0.6 is 11.3 Å². The lowest BCUT2D eigenvalue weighted by atomic mass is 9.98. The first-order valence-corrected chi connectivity index (χ1v) is 12.2. The van der Waals surface area contributed by atoms with Gasteiger partial charge in [0.05, 0.1) is 5.51 Å². The van der Waals surface area contributed by atoms with Gasteiger partial charge in [0, 0.05) is 23.4 Å². The molecular formula is C26H27N3O5S. The Labute approximate surface area is 207 Å². The van der Waals surface area contributed by atoms with E-state index in [9.17, 15) is 19.5 Å². The second-order valence-electron chi connectivity index (χ2n) is 8.76. The predicted molar refractivity (Wildman–Crippen MR) is 132 cm³/mol. The first-order chi connectivity index (χ1) is 16.8. The molecule has 3 aromatic rings. The Morgan fingerprint density at radius 1 is 1.03 bits per heavy atom. The first-order valence-electron chi connectivity index (χ1n) is 11.4. The van der Waals surface area contributed by atoms with Crippen molar-refractivity contribution in [2.75, 3.05) is 6.61 Å². The zero-order chi connectivity index (χ0) is 24.9. The average molecular weight is 494 g/mol. The van der Waals surface area contributed by atoms with E-state index in [4.69, 9.17) is 4.74 Å². The van der Waals surface area contributed by atoms with Gasteiger partial charge < -0.3 is 20.5 Å². The molecule has 1 unspecified atom stereocenters. The second kappa shape index (κ2) is 10.7. The number of carbonyl (C=O) groups is 3. The van der Waals surface area contributed by atoms with Gasteiger partial charge in [-0.15, -0.1) is 11.3 Å². The molecule has 2 aromatic carbocycles.